The van der Waals surface area contributed by atoms with E-state index in [0.717, 1.165) is 29.8 Å². The molecule has 6 nitrogen and oxygen atoms in total. The third kappa shape index (κ3) is 5.41. The number of aryl methyl sites for hydroxylation is 1. The molecule has 1 aliphatic carbocycles. The molecule has 1 fully saturated rings. The summed E-state index contributed by atoms with van der Waals surface area (Å²) in [6.45, 7) is 2.40. The molecule has 1 aromatic heterocycles. The van der Waals surface area contributed by atoms with Gasteiger partial charge in [0.15, 0.2) is 5.82 Å². The zero-order valence-electron chi connectivity index (χ0n) is 17.8. The van der Waals surface area contributed by atoms with Gasteiger partial charge in [0.25, 0.3) is 0 Å². The highest BCUT2D eigenvalue weighted by Crippen LogP contribution is 2.18. The van der Waals surface area contributed by atoms with Crippen molar-refractivity contribution in [3.63, 3.8) is 0 Å². The Morgan fingerprint density at radius 2 is 1.81 bits per heavy atom. The van der Waals surface area contributed by atoms with Crippen LogP contribution in [-0.2, 0) is 17.9 Å². The zero-order valence-corrected chi connectivity index (χ0v) is 18.6. The van der Waals surface area contributed by atoms with Gasteiger partial charge in [-0.25, -0.2) is 4.68 Å². The minimum Gasteiger partial charge on any atom is -0.486 e. The predicted octanol–water partition coefficient (Wildman–Crippen LogP) is 4.74. The molecule has 0 spiro atoms. The first-order valence-corrected chi connectivity index (χ1v) is 11.2. The third-order valence-corrected chi connectivity index (χ3v) is 5.97. The van der Waals surface area contributed by atoms with E-state index in [9.17, 15) is 4.79 Å². The van der Waals surface area contributed by atoms with Gasteiger partial charge in [-0.1, -0.05) is 55.2 Å². The fourth-order valence-electron chi connectivity index (χ4n) is 3.92. The normalized spacial score (nSPS) is 14.4. The van der Waals surface area contributed by atoms with E-state index in [0.29, 0.717) is 10.6 Å². The van der Waals surface area contributed by atoms with Crippen LogP contribution in [-0.4, -0.2) is 26.3 Å². The monoisotopic (exact) mass is 436 g/mol. The molecule has 0 atom stereocenters. The Labute approximate surface area is 187 Å². The van der Waals surface area contributed by atoms with Crippen molar-refractivity contribution in [2.75, 3.05) is 0 Å². The molecule has 1 amide bonds. The summed E-state index contributed by atoms with van der Waals surface area (Å²) in [6, 6.07) is 17.9. The van der Waals surface area contributed by atoms with Crippen LogP contribution < -0.4 is 10.1 Å². The van der Waals surface area contributed by atoms with Crippen molar-refractivity contribution in [1.82, 2.24) is 19.7 Å². The number of rotatable bonds is 7. The van der Waals surface area contributed by atoms with Crippen molar-refractivity contribution in [2.24, 2.45) is 0 Å². The van der Waals surface area contributed by atoms with Crippen LogP contribution in [0.15, 0.2) is 54.6 Å². The van der Waals surface area contributed by atoms with Crippen molar-refractivity contribution < 1.29 is 9.53 Å². The van der Waals surface area contributed by atoms with E-state index in [1.165, 1.54) is 19.3 Å². The van der Waals surface area contributed by atoms with Crippen molar-refractivity contribution in [3.8, 4) is 11.4 Å². The maximum absolute atomic E-state index is 12.7. The second-order valence-corrected chi connectivity index (χ2v) is 8.40. The van der Waals surface area contributed by atoms with E-state index in [1.54, 1.807) is 4.68 Å². The molecule has 0 radical (unpaired) electrons. The summed E-state index contributed by atoms with van der Waals surface area (Å²) in [6.07, 6.45) is 5.69. The Morgan fingerprint density at radius 3 is 2.52 bits per heavy atom. The first-order valence-electron chi connectivity index (χ1n) is 10.8. The molecular formula is C24H28N4O2S. The molecule has 7 heteroatoms. The second-order valence-electron chi connectivity index (χ2n) is 8.03. The number of amides is 1. The van der Waals surface area contributed by atoms with Crippen molar-refractivity contribution in [2.45, 2.75) is 58.2 Å². The van der Waals surface area contributed by atoms with Crippen molar-refractivity contribution in [1.29, 1.82) is 0 Å². The molecule has 31 heavy (non-hydrogen) atoms. The molecule has 0 bridgehead atoms. The standard InChI is InChI=1S/C24H28N4O2S/c1-18-12-14-20(15-13-18)28-22(17-30-21-10-6-3-7-11-21)26-27(24(28)31)16-23(29)25-19-8-4-2-5-9-19/h3,6-7,10-15,19H,2,4-5,8-9,16-17H2,1H3,(H,25,29). The molecule has 1 saturated carbocycles. The highest BCUT2D eigenvalue weighted by atomic mass is 32.1. The SMILES string of the molecule is Cc1ccc(-n2c(COc3ccccc3)nn(CC(=O)NC3CCCCC3)c2=S)cc1. The molecular weight excluding hydrogens is 408 g/mol. The van der Waals surface area contributed by atoms with E-state index in [4.69, 9.17) is 17.0 Å². The molecule has 4 rings (SSSR count). The highest BCUT2D eigenvalue weighted by Gasteiger charge is 2.19. The number of nitrogens with zero attached hydrogens (tertiary/aromatic N) is 3. The van der Waals surface area contributed by atoms with E-state index in [1.807, 2.05) is 66.1 Å². The largest absolute Gasteiger partial charge is 0.486 e. The second kappa shape index (κ2) is 9.92. The Kier molecular flexibility index (Phi) is 6.82. The minimum atomic E-state index is -0.0490. The average Bonchev–Trinajstić information content (AvgIpc) is 3.09. The fourth-order valence-corrected chi connectivity index (χ4v) is 4.24. The first-order chi connectivity index (χ1) is 15.1. The van der Waals surface area contributed by atoms with Gasteiger partial charge in [0.2, 0.25) is 10.7 Å². The number of aromatic nitrogens is 3. The van der Waals surface area contributed by atoms with E-state index < -0.39 is 0 Å². The maximum Gasteiger partial charge on any atom is 0.242 e. The average molecular weight is 437 g/mol. The maximum atomic E-state index is 12.7. The topological polar surface area (TPSA) is 61.1 Å². The number of hydrogen-bond acceptors (Lipinski definition) is 4. The summed E-state index contributed by atoms with van der Waals surface area (Å²) in [5.41, 5.74) is 2.07. The molecule has 2 aromatic carbocycles. The van der Waals surface area contributed by atoms with Gasteiger partial charge < -0.3 is 10.1 Å². The molecule has 0 unspecified atom stereocenters. The molecule has 1 N–H and O–H groups in total. The minimum absolute atomic E-state index is 0.0490. The summed E-state index contributed by atoms with van der Waals surface area (Å²) in [4.78, 5) is 12.7. The van der Waals surface area contributed by atoms with Crippen LogP contribution >= 0.6 is 12.2 Å². The molecule has 162 valence electrons. The van der Waals surface area contributed by atoms with Gasteiger partial charge in [0, 0.05) is 11.7 Å². The Balaban J connectivity index is 1.57. The Morgan fingerprint density at radius 1 is 1.10 bits per heavy atom. The number of carbonyl (C=O) groups excluding carboxylic acids is 1. The molecule has 0 aliphatic heterocycles. The van der Waals surface area contributed by atoms with Crippen LogP contribution in [0.2, 0.25) is 0 Å². The summed E-state index contributed by atoms with van der Waals surface area (Å²) in [7, 11) is 0. The van der Waals surface area contributed by atoms with Gasteiger partial charge in [0.1, 0.15) is 18.9 Å². The number of carbonyl (C=O) groups is 1. The van der Waals surface area contributed by atoms with E-state index in [-0.39, 0.29) is 25.1 Å². The number of ether oxygens (including phenoxy) is 1. The summed E-state index contributed by atoms with van der Waals surface area (Å²) >= 11 is 5.71. The van der Waals surface area contributed by atoms with E-state index >= 15 is 0 Å². The summed E-state index contributed by atoms with van der Waals surface area (Å²) < 4.78 is 9.88. The van der Waals surface area contributed by atoms with Gasteiger partial charge >= 0.3 is 0 Å². The molecule has 1 aliphatic rings. The van der Waals surface area contributed by atoms with Gasteiger partial charge in [-0.2, -0.15) is 5.10 Å². The van der Waals surface area contributed by atoms with Gasteiger partial charge in [0.05, 0.1) is 0 Å². The quantitative estimate of drug-likeness (QED) is 0.544. The Bertz CT molecular complexity index is 1070. The number of hydrogen-bond donors (Lipinski definition) is 1. The van der Waals surface area contributed by atoms with Crippen LogP contribution in [0.3, 0.4) is 0 Å². The predicted molar refractivity (Wildman–Crippen MR) is 123 cm³/mol. The lowest BCUT2D eigenvalue weighted by Gasteiger charge is -2.22. The molecule has 3 aromatic rings. The zero-order chi connectivity index (χ0) is 21.6. The van der Waals surface area contributed by atoms with Gasteiger partial charge in [-0.3, -0.25) is 9.36 Å². The van der Waals surface area contributed by atoms with Crippen molar-refractivity contribution >= 4 is 18.1 Å². The number of nitrogens with one attached hydrogen (secondary N) is 1. The van der Waals surface area contributed by atoms with Gasteiger partial charge in [-0.15, -0.1) is 0 Å². The van der Waals surface area contributed by atoms with Crippen LogP contribution in [0.25, 0.3) is 5.69 Å². The summed E-state index contributed by atoms with van der Waals surface area (Å²) in [5, 5.41) is 7.79. The third-order valence-electron chi connectivity index (χ3n) is 5.57. The number of para-hydroxylation sites is 1. The highest BCUT2D eigenvalue weighted by molar-refractivity contribution is 7.71. The van der Waals surface area contributed by atoms with Gasteiger partial charge in [-0.05, 0) is 56.2 Å². The summed E-state index contributed by atoms with van der Waals surface area (Å²) in [5.74, 6) is 1.36. The molecule has 1 heterocycles. The van der Waals surface area contributed by atoms with E-state index in [2.05, 4.69) is 10.4 Å². The lowest BCUT2D eigenvalue weighted by Crippen LogP contribution is -2.38. The lowest BCUT2D eigenvalue weighted by atomic mass is 9.95. The van der Waals surface area contributed by atoms with Crippen LogP contribution in [0.1, 0.15) is 43.5 Å². The number of benzene rings is 2. The smallest absolute Gasteiger partial charge is 0.242 e. The lowest BCUT2D eigenvalue weighted by molar-refractivity contribution is -0.122. The Hall–Kier alpha value is -2.93. The first kappa shape index (κ1) is 21.3. The van der Waals surface area contributed by atoms with Crippen LogP contribution in [0.4, 0.5) is 0 Å². The van der Waals surface area contributed by atoms with Crippen molar-refractivity contribution in [3.05, 3.63) is 70.8 Å². The van der Waals surface area contributed by atoms with Crippen LogP contribution in [0, 0.1) is 11.7 Å². The molecule has 0 saturated heterocycles. The fraction of sp³-hybridized carbons (Fsp3) is 0.375. The van der Waals surface area contributed by atoms with Crippen LogP contribution in [0.5, 0.6) is 5.75 Å².